The molecule has 0 fully saturated rings. The molecule has 0 radical (unpaired) electrons. The Morgan fingerprint density at radius 1 is 1.00 bits per heavy atom. The minimum absolute atomic E-state index is 0.108. The van der Waals surface area contributed by atoms with Crippen molar-refractivity contribution in [3.8, 4) is 0 Å². The van der Waals surface area contributed by atoms with Crippen molar-refractivity contribution < 1.29 is 19.1 Å². The molecule has 7 nitrogen and oxygen atoms in total. The van der Waals surface area contributed by atoms with E-state index in [1.54, 1.807) is 31.7 Å². The van der Waals surface area contributed by atoms with Gasteiger partial charge in [0.2, 0.25) is 5.91 Å². The number of alkyl carbamates (subject to hydrolysis) is 1. The monoisotopic (exact) mass is 571 g/mol. The van der Waals surface area contributed by atoms with Gasteiger partial charge in [0.15, 0.2) is 0 Å². The molecule has 40 heavy (non-hydrogen) atoms. The van der Waals surface area contributed by atoms with Gasteiger partial charge in [-0.3, -0.25) is 9.59 Å². The number of rotatable bonds is 11. The molecule has 0 heterocycles. The van der Waals surface area contributed by atoms with Crippen molar-refractivity contribution in [2.24, 2.45) is 5.92 Å². The SMILES string of the molecule is CCCCN(C(=O)C(CC(C)C)NC(=O)OC(C)(C)C)C(C(=O)Nc1c(C)cccc1Cl)c1ccc(C)c(C)c1. The second-order valence-electron chi connectivity index (χ2n) is 11.9. The number of carbonyl (C=O) groups is 3. The van der Waals surface area contributed by atoms with Gasteiger partial charge in [-0.2, -0.15) is 0 Å². The van der Waals surface area contributed by atoms with Crippen molar-refractivity contribution in [3.05, 3.63) is 63.7 Å². The Kier molecular flexibility index (Phi) is 12.0. The smallest absolute Gasteiger partial charge is 0.408 e. The molecule has 0 bridgehead atoms. The van der Waals surface area contributed by atoms with E-state index in [0.29, 0.717) is 35.7 Å². The number of aryl methyl sites for hydroxylation is 3. The normalized spacial score (nSPS) is 13.0. The largest absolute Gasteiger partial charge is 0.444 e. The van der Waals surface area contributed by atoms with Crippen LogP contribution in [0.4, 0.5) is 10.5 Å². The second kappa shape index (κ2) is 14.5. The zero-order chi connectivity index (χ0) is 30.2. The predicted octanol–water partition coefficient (Wildman–Crippen LogP) is 7.51. The fraction of sp³-hybridized carbons (Fsp3) is 0.531. The van der Waals surface area contributed by atoms with E-state index < -0.39 is 23.8 Å². The molecule has 2 aromatic rings. The highest BCUT2D eigenvalue weighted by Crippen LogP contribution is 2.31. The molecule has 8 heteroatoms. The molecule has 2 unspecified atom stereocenters. The maximum Gasteiger partial charge on any atom is 0.408 e. The van der Waals surface area contributed by atoms with Crippen molar-refractivity contribution in [1.82, 2.24) is 10.2 Å². The van der Waals surface area contributed by atoms with E-state index >= 15 is 0 Å². The Bertz CT molecular complexity index is 1170. The van der Waals surface area contributed by atoms with Crippen LogP contribution in [0.2, 0.25) is 5.02 Å². The Labute approximate surface area is 245 Å². The Hall–Kier alpha value is -3.06. The predicted molar refractivity (Wildman–Crippen MR) is 163 cm³/mol. The van der Waals surface area contributed by atoms with E-state index in [-0.39, 0.29) is 17.7 Å². The molecule has 2 rings (SSSR count). The number of hydrogen-bond acceptors (Lipinski definition) is 4. The number of hydrogen-bond donors (Lipinski definition) is 2. The van der Waals surface area contributed by atoms with Crippen LogP contribution in [-0.4, -0.2) is 41.0 Å². The number of amides is 3. The van der Waals surface area contributed by atoms with Crippen molar-refractivity contribution in [3.63, 3.8) is 0 Å². The molecule has 0 saturated heterocycles. The first-order valence-electron chi connectivity index (χ1n) is 14.1. The number of para-hydroxylation sites is 1. The molecule has 2 aromatic carbocycles. The van der Waals surface area contributed by atoms with Crippen LogP contribution in [0.1, 0.15) is 89.1 Å². The van der Waals surface area contributed by atoms with E-state index in [1.165, 1.54) is 0 Å². The summed E-state index contributed by atoms with van der Waals surface area (Å²) in [5, 5.41) is 6.21. The standard InChI is InChI=1S/C32H46ClN3O4/c1-10-11-17-36(30(38)26(18-20(2)3)34-31(39)40-32(7,8)9)28(24-16-15-21(4)23(6)19-24)29(37)35-27-22(5)13-12-14-25(27)33/h12-16,19-20,26,28H,10-11,17-18H2,1-9H3,(H,34,39)(H,35,37). The average Bonchev–Trinajstić information content (AvgIpc) is 2.83. The third kappa shape index (κ3) is 9.54. The van der Waals surface area contributed by atoms with Crippen LogP contribution in [0.5, 0.6) is 0 Å². The molecule has 0 aliphatic carbocycles. The molecule has 0 aliphatic heterocycles. The van der Waals surface area contributed by atoms with Crippen molar-refractivity contribution >= 4 is 35.2 Å². The Morgan fingerprint density at radius 2 is 1.68 bits per heavy atom. The molecule has 0 aromatic heterocycles. The quantitative estimate of drug-likeness (QED) is 0.292. The van der Waals surface area contributed by atoms with Crippen molar-refractivity contribution in [2.45, 2.75) is 99.3 Å². The van der Waals surface area contributed by atoms with Gasteiger partial charge in [0.25, 0.3) is 5.91 Å². The number of nitrogens with one attached hydrogen (secondary N) is 2. The topological polar surface area (TPSA) is 87.7 Å². The van der Waals surface area contributed by atoms with Crippen LogP contribution < -0.4 is 10.6 Å². The minimum Gasteiger partial charge on any atom is -0.444 e. The molecule has 0 spiro atoms. The first-order valence-corrected chi connectivity index (χ1v) is 14.5. The number of halogens is 1. The highest BCUT2D eigenvalue weighted by molar-refractivity contribution is 6.34. The number of ether oxygens (including phenoxy) is 1. The van der Waals surface area contributed by atoms with E-state index in [9.17, 15) is 14.4 Å². The van der Waals surface area contributed by atoms with Gasteiger partial charge in [-0.25, -0.2) is 4.79 Å². The van der Waals surface area contributed by atoms with Gasteiger partial charge in [-0.15, -0.1) is 0 Å². The van der Waals surface area contributed by atoms with Gasteiger partial charge in [0.1, 0.15) is 17.7 Å². The molecule has 2 N–H and O–H groups in total. The third-order valence-electron chi connectivity index (χ3n) is 6.61. The van der Waals surface area contributed by atoms with Crippen LogP contribution in [0, 0.1) is 26.7 Å². The summed E-state index contributed by atoms with van der Waals surface area (Å²) in [6.07, 6.45) is 1.24. The maximum absolute atomic E-state index is 14.3. The Morgan fingerprint density at radius 3 is 2.23 bits per heavy atom. The zero-order valence-electron chi connectivity index (χ0n) is 25.5. The van der Waals surface area contributed by atoms with Crippen molar-refractivity contribution in [2.75, 3.05) is 11.9 Å². The highest BCUT2D eigenvalue weighted by Gasteiger charge is 2.36. The van der Waals surface area contributed by atoms with Crippen molar-refractivity contribution in [1.29, 1.82) is 0 Å². The first kappa shape index (κ1) is 33.1. The van der Waals surface area contributed by atoms with E-state index in [0.717, 1.165) is 23.1 Å². The molecule has 2 atom stereocenters. The molecule has 3 amide bonds. The second-order valence-corrected chi connectivity index (χ2v) is 12.3. The number of carbonyl (C=O) groups excluding carboxylic acids is 3. The van der Waals surface area contributed by atoms with E-state index in [2.05, 4.69) is 10.6 Å². The van der Waals surface area contributed by atoms with Gasteiger partial charge >= 0.3 is 6.09 Å². The van der Waals surface area contributed by atoms with Crippen LogP contribution in [0.15, 0.2) is 36.4 Å². The van der Waals surface area contributed by atoms with Gasteiger partial charge < -0.3 is 20.3 Å². The fourth-order valence-electron chi connectivity index (χ4n) is 4.43. The van der Waals surface area contributed by atoms with E-state index in [4.69, 9.17) is 16.3 Å². The zero-order valence-corrected chi connectivity index (χ0v) is 26.2. The number of nitrogens with zero attached hydrogens (tertiary/aromatic N) is 1. The molecular weight excluding hydrogens is 526 g/mol. The lowest BCUT2D eigenvalue weighted by molar-refractivity contribution is -0.141. The van der Waals surface area contributed by atoms with Crippen LogP contribution in [0.25, 0.3) is 0 Å². The highest BCUT2D eigenvalue weighted by atomic mass is 35.5. The molecule has 0 saturated carbocycles. The molecule has 220 valence electrons. The fourth-order valence-corrected chi connectivity index (χ4v) is 4.70. The number of anilines is 1. The van der Waals surface area contributed by atoms with Crippen LogP contribution >= 0.6 is 11.6 Å². The van der Waals surface area contributed by atoms with Gasteiger partial charge in [0, 0.05) is 6.54 Å². The van der Waals surface area contributed by atoms with Crippen LogP contribution in [0.3, 0.4) is 0 Å². The lowest BCUT2D eigenvalue weighted by Crippen LogP contribution is -2.53. The van der Waals surface area contributed by atoms with Gasteiger partial charge in [-0.1, -0.05) is 69.1 Å². The lowest BCUT2D eigenvalue weighted by atomic mass is 9.96. The maximum atomic E-state index is 14.3. The summed E-state index contributed by atoms with van der Waals surface area (Å²) in [4.78, 5) is 42.8. The lowest BCUT2D eigenvalue weighted by Gasteiger charge is -2.35. The molecule has 0 aliphatic rings. The van der Waals surface area contributed by atoms with Gasteiger partial charge in [-0.05, 0) is 88.6 Å². The minimum atomic E-state index is -0.941. The third-order valence-corrected chi connectivity index (χ3v) is 6.92. The van der Waals surface area contributed by atoms with Gasteiger partial charge in [0.05, 0.1) is 10.7 Å². The molecular formula is C32H46ClN3O4. The first-order chi connectivity index (χ1) is 18.6. The number of unbranched alkanes of at least 4 members (excludes halogenated alkanes) is 1. The summed E-state index contributed by atoms with van der Waals surface area (Å²) in [6, 6.07) is 9.40. The summed E-state index contributed by atoms with van der Waals surface area (Å²) >= 11 is 6.46. The summed E-state index contributed by atoms with van der Waals surface area (Å²) in [6.45, 7) is 17.5. The Balaban J connectivity index is 2.61. The summed E-state index contributed by atoms with van der Waals surface area (Å²) in [5.41, 5.74) is 3.40. The average molecular weight is 572 g/mol. The van der Waals surface area contributed by atoms with Crippen LogP contribution in [-0.2, 0) is 14.3 Å². The summed E-state index contributed by atoms with van der Waals surface area (Å²) < 4.78 is 5.47. The summed E-state index contributed by atoms with van der Waals surface area (Å²) in [5.74, 6) is -0.594. The summed E-state index contributed by atoms with van der Waals surface area (Å²) in [7, 11) is 0. The van der Waals surface area contributed by atoms with E-state index in [1.807, 2.05) is 71.9 Å². The number of benzene rings is 2.